The maximum atomic E-state index is 12.5. The van der Waals surface area contributed by atoms with Crippen molar-refractivity contribution in [3.63, 3.8) is 0 Å². The normalized spacial score (nSPS) is 15.4. The quantitative estimate of drug-likeness (QED) is 0.619. The zero-order chi connectivity index (χ0) is 20.9. The van der Waals surface area contributed by atoms with Crippen molar-refractivity contribution >= 4 is 28.6 Å². The molecule has 1 aliphatic rings. The first-order valence-corrected chi connectivity index (χ1v) is 10.8. The maximum absolute atomic E-state index is 12.5. The number of hydrogen-bond acceptors (Lipinski definition) is 8. The molecule has 8 nitrogen and oxygen atoms in total. The van der Waals surface area contributed by atoms with Gasteiger partial charge in [-0.3, -0.25) is 9.69 Å². The highest BCUT2D eigenvalue weighted by Gasteiger charge is 2.21. The summed E-state index contributed by atoms with van der Waals surface area (Å²) in [7, 11) is 1.86. The van der Waals surface area contributed by atoms with Crippen molar-refractivity contribution < 1.29 is 13.9 Å². The third kappa shape index (κ3) is 4.86. The smallest absolute Gasteiger partial charge is 0.257 e. The number of likely N-dealkylation sites (N-methyl/N-ethyl adjacent to an activating group) is 1. The number of benzene rings is 1. The van der Waals surface area contributed by atoms with E-state index in [9.17, 15) is 4.79 Å². The molecule has 2 aromatic heterocycles. The van der Waals surface area contributed by atoms with Crippen molar-refractivity contribution in [1.29, 1.82) is 0 Å². The molecule has 4 rings (SSSR count). The molecule has 158 valence electrons. The second-order valence-corrected chi connectivity index (χ2v) is 8.16. The van der Waals surface area contributed by atoms with E-state index in [2.05, 4.69) is 20.4 Å². The van der Waals surface area contributed by atoms with Crippen LogP contribution in [0, 0.1) is 0 Å². The van der Waals surface area contributed by atoms with Gasteiger partial charge in [-0.2, -0.15) is 0 Å². The van der Waals surface area contributed by atoms with Gasteiger partial charge < -0.3 is 19.4 Å². The standard InChI is InChI=1S/C21H25N5O3S/c1-15(20-23-24-21(29-20)18-4-3-13-30-18)25(2)14-19(27)22-16-5-7-17(8-6-16)26-9-11-28-12-10-26/h3-8,13,15H,9-12,14H2,1-2H3,(H,22,27)/t15-/m1/s1. The van der Waals surface area contributed by atoms with Crippen molar-refractivity contribution in [2.45, 2.75) is 13.0 Å². The Morgan fingerprint density at radius 3 is 2.70 bits per heavy atom. The van der Waals surface area contributed by atoms with Gasteiger partial charge in [-0.15, -0.1) is 21.5 Å². The number of carbonyl (C=O) groups excluding carboxylic acids is 1. The second-order valence-electron chi connectivity index (χ2n) is 7.21. The number of nitrogens with one attached hydrogen (secondary N) is 1. The summed E-state index contributed by atoms with van der Waals surface area (Å²) in [6.07, 6.45) is 0. The topological polar surface area (TPSA) is 83.7 Å². The van der Waals surface area contributed by atoms with Crippen LogP contribution in [-0.2, 0) is 9.53 Å². The summed E-state index contributed by atoms with van der Waals surface area (Å²) >= 11 is 1.55. The molecule has 0 bridgehead atoms. The van der Waals surface area contributed by atoms with Crippen LogP contribution < -0.4 is 10.2 Å². The first kappa shape index (κ1) is 20.5. The molecular formula is C21H25N5O3S. The lowest BCUT2D eigenvalue weighted by molar-refractivity contribution is -0.117. The number of aromatic nitrogens is 2. The van der Waals surface area contributed by atoms with E-state index < -0.39 is 0 Å². The lowest BCUT2D eigenvalue weighted by atomic mass is 10.2. The van der Waals surface area contributed by atoms with E-state index in [0.29, 0.717) is 11.8 Å². The molecule has 3 heterocycles. The Kier molecular flexibility index (Phi) is 6.41. The Morgan fingerprint density at radius 1 is 1.23 bits per heavy atom. The molecule has 0 unspecified atom stereocenters. The Hall–Kier alpha value is -2.75. The second kappa shape index (κ2) is 9.38. The maximum Gasteiger partial charge on any atom is 0.257 e. The summed E-state index contributed by atoms with van der Waals surface area (Å²) in [5, 5.41) is 13.2. The molecule has 9 heteroatoms. The van der Waals surface area contributed by atoms with Crippen LogP contribution in [0.25, 0.3) is 10.8 Å². The van der Waals surface area contributed by atoms with Gasteiger partial charge >= 0.3 is 0 Å². The first-order chi connectivity index (χ1) is 14.6. The Bertz CT molecular complexity index is 951. The number of carbonyl (C=O) groups is 1. The highest BCUT2D eigenvalue weighted by Crippen LogP contribution is 2.26. The van der Waals surface area contributed by atoms with Crippen LogP contribution in [0.5, 0.6) is 0 Å². The van der Waals surface area contributed by atoms with Gasteiger partial charge in [-0.25, -0.2) is 0 Å². The van der Waals surface area contributed by atoms with Crippen LogP contribution in [0.3, 0.4) is 0 Å². The minimum absolute atomic E-state index is 0.0959. The third-order valence-electron chi connectivity index (χ3n) is 5.11. The largest absolute Gasteiger partial charge is 0.418 e. The number of anilines is 2. The lowest BCUT2D eigenvalue weighted by Gasteiger charge is -2.29. The average molecular weight is 428 g/mol. The lowest BCUT2D eigenvalue weighted by Crippen LogP contribution is -2.36. The molecule has 3 aromatic rings. The molecule has 0 radical (unpaired) electrons. The van der Waals surface area contributed by atoms with E-state index in [4.69, 9.17) is 9.15 Å². The van der Waals surface area contributed by atoms with E-state index in [0.717, 1.165) is 42.6 Å². The SMILES string of the molecule is C[C@H](c1nnc(-c2cccs2)o1)N(C)CC(=O)Nc1ccc(N2CCOCC2)cc1. The third-order valence-corrected chi connectivity index (χ3v) is 5.97. The summed E-state index contributed by atoms with van der Waals surface area (Å²) in [5.74, 6) is 0.898. The molecule has 1 saturated heterocycles. The highest BCUT2D eigenvalue weighted by atomic mass is 32.1. The summed E-state index contributed by atoms with van der Waals surface area (Å²) < 4.78 is 11.2. The van der Waals surface area contributed by atoms with Crippen LogP contribution >= 0.6 is 11.3 Å². The van der Waals surface area contributed by atoms with Gasteiger partial charge in [-0.05, 0) is 49.7 Å². The van der Waals surface area contributed by atoms with Gasteiger partial charge in [0.05, 0.1) is 30.7 Å². The molecule has 1 fully saturated rings. The van der Waals surface area contributed by atoms with E-state index in [1.54, 1.807) is 11.3 Å². The van der Waals surface area contributed by atoms with Crippen molar-refractivity contribution in [2.24, 2.45) is 0 Å². The van der Waals surface area contributed by atoms with Gasteiger partial charge in [0.2, 0.25) is 11.8 Å². The van der Waals surface area contributed by atoms with Gasteiger partial charge in [0.25, 0.3) is 5.89 Å². The number of amides is 1. The van der Waals surface area contributed by atoms with Crippen molar-refractivity contribution in [3.05, 3.63) is 47.7 Å². The molecule has 0 aliphatic carbocycles. The monoisotopic (exact) mass is 427 g/mol. The zero-order valence-electron chi connectivity index (χ0n) is 17.1. The fourth-order valence-electron chi connectivity index (χ4n) is 3.23. The van der Waals surface area contributed by atoms with Crippen LogP contribution in [0.4, 0.5) is 11.4 Å². The number of nitrogens with zero attached hydrogens (tertiary/aromatic N) is 4. The van der Waals surface area contributed by atoms with Crippen molar-refractivity contribution in [3.8, 4) is 10.8 Å². The van der Waals surface area contributed by atoms with Gasteiger partial charge in [0.15, 0.2) is 0 Å². The van der Waals surface area contributed by atoms with Gasteiger partial charge in [-0.1, -0.05) is 6.07 Å². The fraction of sp³-hybridized carbons (Fsp3) is 0.381. The summed E-state index contributed by atoms with van der Waals surface area (Å²) in [6, 6.07) is 11.6. The van der Waals surface area contributed by atoms with Crippen molar-refractivity contribution in [1.82, 2.24) is 15.1 Å². The van der Waals surface area contributed by atoms with Crippen LogP contribution in [0.15, 0.2) is 46.2 Å². The summed E-state index contributed by atoms with van der Waals surface area (Å²) in [6.45, 7) is 5.42. The number of morpholine rings is 1. The van der Waals surface area contributed by atoms with Crippen LogP contribution in [-0.4, -0.2) is 60.9 Å². The molecule has 0 saturated carbocycles. The molecule has 0 spiro atoms. The van der Waals surface area contributed by atoms with E-state index in [1.165, 1.54) is 0 Å². The van der Waals surface area contributed by atoms with E-state index >= 15 is 0 Å². The number of thiophene rings is 1. The Balaban J connectivity index is 1.31. The molecule has 1 atom stereocenters. The molecule has 1 N–H and O–H groups in total. The number of rotatable bonds is 7. The molecule has 1 aromatic carbocycles. The number of ether oxygens (including phenoxy) is 1. The Labute approximate surface area is 179 Å². The predicted molar refractivity (Wildman–Crippen MR) is 117 cm³/mol. The Morgan fingerprint density at radius 2 is 2.00 bits per heavy atom. The minimum atomic E-state index is -0.180. The fourth-order valence-corrected chi connectivity index (χ4v) is 3.88. The zero-order valence-corrected chi connectivity index (χ0v) is 17.9. The van der Waals surface area contributed by atoms with E-state index in [1.807, 2.05) is 60.6 Å². The van der Waals surface area contributed by atoms with Gasteiger partial charge in [0, 0.05) is 24.5 Å². The summed E-state index contributed by atoms with van der Waals surface area (Å²) in [5.41, 5.74) is 1.91. The van der Waals surface area contributed by atoms with Crippen LogP contribution in [0.2, 0.25) is 0 Å². The number of hydrogen-bond donors (Lipinski definition) is 1. The highest BCUT2D eigenvalue weighted by molar-refractivity contribution is 7.13. The molecular weight excluding hydrogens is 402 g/mol. The van der Waals surface area contributed by atoms with Crippen molar-refractivity contribution in [2.75, 3.05) is 50.1 Å². The van der Waals surface area contributed by atoms with Gasteiger partial charge in [0.1, 0.15) is 0 Å². The summed E-state index contributed by atoms with van der Waals surface area (Å²) in [4.78, 5) is 17.6. The van der Waals surface area contributed by atoms with Crippen LogP contribution in [0.1, 0.15) is 18.9 Å². The predicted octanol–water partition coefficient (Wildman–Crippen LogP) is 3.27. The molecule has 30 heavy (non-hydrogen) atoms. The van der Waals surface area contributed by atoms with E-state index in [-0.39, 0.29) is 18.5 Å². The molecule has 1 aliphatic heterocycles. The molecule has 1 amide bonds. The average Bonchev–Trinajstić information content (AvgIpc) is 3.46. The minimum Gasteiger partial charge on any atom is -0.418 e. The first-order valence-electron chi connectivity index (χ1n) is 9.90.